The molecule has 0 saturated carbocycles. The van der Waals surface area contributed by atoms with Crippen LogP contribution in [0.1, 0.15) is 30.3 Å². The second-order valence-electron chi connectivity index (χ2n) is 7.92. The second-order valence-corrected chi connectivity index (χ2v) is 7.92. The predicted octanol–water partition coefficient (Wildman–Crippen LogP) is 4.10. The van der Waals surface area contributed by atoms with Crippen molar-refractivity contribution in [2.75, 3.05) is 18.0 Å². The van der Waals surface area contributed by atoms with E-state index in [-0.39, 0.29) is 11.9 Å². The third-order valence-corrected chi connectivity index (χ3v) is 5.89. The third-order valence-electron chi connectivity index (χ3n) is 5.89. The predicted molar refractivity (Wildman–Crippen MR) is 121 cm³/mol. The Balaban J connectivity index is 1.39. The maximum atomic E-state index is 13.5. The molecular weight excluding hydrogens is 386 g/mol. The average Bonchev–Trinajstić information content (AvgIpc) is 3.45. The number of para-hydroxylation sites is 1. The Hall–Kier alpha value is -3.51. The first-order valence-corrected chi connectivity index (χ1v) is 10.7. The zero-order valence-electron chi connectivity index (χ0n) is 17.3. The minimum atomic E-state index is 0.0932. The monoisotopic (exact) mass is 411 g/mol. The Morgan fingerprint density at radius 2 is 1.68 bits per heavy atom. The number of rotatable bonds is 6. The molecule has 0 radical (unpaired) electrons. The molecule has 1 saturated heterocycles. The third kappa shape index (κ3) is 4.07. The summed E-state index contributed by atoms with van der Waals surface area (Å²) >= 11 is 0. The van der Waals surface area contributed by atoms with Gasteiger partial charge in [0.2, 0.25) is 5.91 Å². The Labute approximate surface area is 181 Å². The lowest BCUT2D eigenvalue weighted by molar-refractivity contribution is -0.120. The summed E-state index contributed by atoms with van der Waals surface area (Å²) in [6.45, 7) is 1.79. The first-order valence-electron chi connectivity index (χ1n) is 10.7. The van der Waals surface area contributed by atoms with Crippen LogP contribution in [0.4, 0.5) is 5.69 Å². The van der Waals surface area contributed by atoms with E-state index in [0.717, 1.165) is 42.1 Å². The lowest BCUT2D eigenvalue weighted by Crippen LogP contribution is -2.40. The van der Waals surface area contributed by atoms with Gasteiger partial charge in [-0.25, -0.2) is 0 Å². The highest BCUT2D eigenvalue weighted by molar-refractivity contribution is 5.94. The first kappa shape index (κ1) is 19.5. The fourth-order valence-electron chi connectivity index (χ4n) is 4.35. The molecule has 2 aromatic carbocycles. The van der Waals surface area contributed by atoms with Crippen molar-refractivity contribution in [1.82, 2.24) is 19.5 Å². The Kier molecular flexibility index (Phi) is 5.46. The molecule has 6 heteroatoms. The SMILES string of the molecule is O=C(CN1CCC[C@H]1c1nnc2ccccn12)N(Cc1ccccc1)c1ccccc1. The van der Waals surface area contributed by atoms with Gasteiger partial charge in [0.05, 0.1) is 19.1 Å². The van der Waals surface area contributed by atoms with E-state index in [1.807, 2.05) is 82.2 Å². The molecular formula is C25H25N5O. The molecule has 2 aromatic heterocycles. The maximum absolute atomic E-state index is 13.5. The van der Waals surface area contributed by atoms with E-state index in [4.69, 9.17) is 0 Å². The zero-order chi connectivity index (χ0) is 21.0. The minimum Gasteiger partial charge on any atom is -0.307 e. The van der Waals surface area contributed by atoms with Crippen LogP contribution >= 0.6 is 0 Å². The summed E-state index contributed by atoms with van der Waals surface area (Å²) in [5.41, 5.74) is 2.87. The van der Waals surface area contributed by atoms with Crippen LogP contribution in [0, 0.1) is 0 Å². The highest BCUT2D eigenvalue weighted by Gasteiger charge is 2.32. The fourth-order valence-corrected chi connectivity index (χ4v) is 4.35. The molecule has 5 rings (SSSR count). The summed E-state index contributed by atoms with van der Waals surface area (Å²) in [6, 6.07) is 26.0. The number of fused-ring (bicyclic) bond motifs is 1. The van der Waals surface area contributed by atoms with Crippen molar-refractivity contribution in [3.63, 3.8) is 0 Å². The van der Waals surface area contributed by atoms with Crippen LogP contribution < -0.4 is 4.90 Å². The molecule has 1 atom stereocenters. The van der Waals surface area contributed by atoms with Gasteiger partial charge in [0.25, 0.3) is 0 Å². The van der Waals surface area contributed by atoms with E-state index < -0.39 is 0 Å². The van der Waals surface area contributed by atoms with Gasteiger partial charge < -0.3 is 4.90 Å². The highest BCUT2D eigenvalue weighted by Crippen LogP contribution is 2.31. The van der Waals surface area contributed by atoms with Gasteiger partial charge in [0, 0.05) is 11.9 Å². The lowest BCUT2D eigenvalue weighted by atomic mass is 10.2. The van der Waals surface area contributed by atoms with Crippen molar-refractivity contribution in [1.29, 1.82) is 0 Å². The lowest BCUT2D eigenvalue weighted by Gasteiger charge is -2.28. The topological polar surface area (TPSA) is 53.7 Å². The van der Waals surface area contributed by atoms with Gasteiger partial charge in [-0.1, -0.05) is 54.6 Å². The van der Waals surface area contributed by atoms with Gasteiger partial charge in [-0.2, -0.15) is 0 Å². The van der Waals surface area contributed by atoms with E-state index in [1.54, 1.807) is 0 Å². The molecule has 0 unspecified atom stereocenters. The zero-order valence-corrected chi connectivity index (χ0v) is 17.3. The average molecular weight is 412 g/mol. The van der Waals surface area contributed by atoms with Gasteiger partial charge in [-0.05, 0) is 49.2 Å². The number of likely N-dealkylation sites (tertiary alicyclic amines) is 1. The van der Waals surface area contributed by atoms with Crippen LogP contribution in [0.25, 0.3) is 5.65 Å². The molecule has 1 fully saturated rings. The molecule has 1 aliphatic rings. The Morgan fingerprint density at radius 3 is 2.48 bits per heavy atom. The van der Waals surface area contributed by atoms with Crippen LogP contribution in [-0.2, 0) is 11.3 Å². The molecule has 3 heterocycles. The summed E-state index contributed by atoms with van der Waals surface area (Å²) in [7, 11) is 0. The number of hydrogen-bond acceptors (Lipinski definition) is 4. The highest BCUT2D eigenvalue weighted by atomic mass is 16.2. The van der Waals surface area contributed by atoms with Gasteiger partial charge in [-0.15, -0.1) is 10.2 Å². The Morgan fingerprint density at radius 1 is 0.935 bits per heavy atom. The molecule has 0 spiro atoms. The molecule has 4 aromatic rings. The summed E-state index contributed by atoms with van der Waals surface area (Å²) in [4.78, 5) is 17.6. The van der Waals surface area contributed by atoms with Crippen molar-refractivity contribution >= 4 is 17.2 Å². The first-order chi connectivity index (χ1) is 15.3. The molecule has 31 heavy (non-hydrogen) atoms. The number of anilines is 1. The number of amides is 1. The largest absolute Gasteiger partial charge is 0.307 e. The van der Waals surface area contributed by atoms with Crippen molar-refractivity contribution in [3.8, 4) is 0 Å². The number of benzene rings is 2. The molecule has 1 amide bonds. The van der Waals surface area contributed by atoms with Crippen LogP contribution in [0.5, 0.6) is 0 Å². The summed E-state index contributed by atoms with van der Waals surface area (Å²) in [6.07, 6.45) is 4.02. The number of nitrogens with zero attached hydrogens (tertiary/aromatic N) is 5. The summed E-state index contributed by atoms with van der Waals surface area (Å²) in [5, 5.41) is 8.76. The van der Waals surface area contributed by atoms with Gasteiger partial charge >= 0.3 is 0 Å². The quantitative estimate of drug-likeness (QED) is 0.479. The minimum absolute atomic E-state index is 0.0932. The molecule has 1 aliphatic heterocycles. The fraction of sp³-hybridized carbons (Fsp3) is 0.240. The maximum Gasteiger partial charge on any atom is 0.241 e. The van der Waals surface area contributed by atoms with Gasteiger partial charge in [0.15, 0.2) is 11.5 Å². The number of aromatic nitrogens is 3. The van der Waals surface area contributed by atoms with Crippen molar-refractivity contribution in [3.05, 3.63) is 96.4 Å². The normalized spacial score (nSPS) is 16.6. The van der Waals surface area contributed by atoms with E-state index >= 15 is 0 Å². The van der Waals surface area contributed by atoms with Crippen LogP contribution in [-0.4, -0.2) is 38.5 Å². The second kappa shape index (κ2) is 8.70. The van der Waals surface area contributed by atoms with Crippen molar-refractivity contribution < 1.29 is 4.79 Å². The van der Waals surface area contributed by atoms with Crippen LogP contribution in [0.2, 0.25) is 0 Å². The number of carbonyl (C=O) groups is 1. The van der Waals surface area contributed by atoms with E-state index in [1.165, 1.54) is 0 Å². The van der Waals surface area contributed by atoms with Gasteiger partial charge in [0.1, 0.15) is 0 Å². The van der Waals surface area contributed by atoms with Crippen molar-refractivity contribution in [2.24, 2.45) is 0 Å². The summed E-state index contributed by atoms with van der Waals surface area (Å²) < 4.78 is 2.03. The number of carbonyl (C=O) groups excluding carboxylic acids is 1. The van der Waals surface area contributed by atoms with Crippen LogP contribution in [0.3, 0.4) is 0 Å². The van der Waals surface area contributed by atoms with E-state index in [9.17, 15) is 4.79 Å². The molecule has 0 aliphatic carbocycles. The molecule has 6 nitrogen and oxygen atoms in total. The van der Waals surface area contributed by atoms with Crippen LogP contribution in [0.15, 0.2) is 85.1 Å². The van der Waals surface area contributed by atoms with Gasteiger partial charge in [-0.3, -0.25) is 14.1 Å². The smallest absolute Gasteiger partial charge is 0.241 e. The Bertz CT molecular complexity index is 1160. The molecule has 0 N–H and O–H groups in total. The molecule has 156 valence electrons. The summed E-state index contributed by atoms with van der Waals surface area (Å²) in [5.74, 6) is 1.01. The number of pyridine rings is 1. The molecule has 0 bridgehead atoms. The standard InChI is InChI=1S/C25H25N5O/c31-24(30(21-12-5-2-6-13-21)18-20-10-3-1-4-11-20)19-28-16-9-14-22(28)25-27-26-23-15-7-8-17-29(23)25/h1-8,10-13,15,17,22H,9,14,16,18-19H2/t22-/m0/s1. The number of hydrogen-bond donors (Lipinski definition) is 0. The van der Waals surface area contributed by atoms with E-state index in [2.05, 4.69) is 27.2 Å². The van der Waals surface area contributed by atoms with E-state index in [0.29, 0.717) is 13.1 Å². The van der Waals surface area contributed by atoms with Crippen molar-refractivity contribution in [2.45, 2.75) is 25.4 Å².